The summed E-state index contributed by atoms with van der Waals surface area (Å²) < 4.78 is 20.5. The second-order valence-electron chi connectivity index (χ2n) is 1.94. The second-order valence-corrected chi connectivity index (χ2v) is 2.58. The van der Waals surface area contributed by atoms with Crippen LogP contribution in [0.15, 0.2) is 41.4 Å². The van der Waals surface area contributed by atoms with Gasteiger partial charge in [-0.05, 0) is 5.56 Å². The van der Waals surface area contributed by atoms with Crippen molar-refractivity contribution in [2.75, 3.05) is 0 Å². The molecule has 0 saturated heterocycles. The van der Waals surface area contributed by atoms with E-state index in [0.717, 1.165) is 0 Å². The molecule has 0 saturated carbocycles. The Kier molecular flexibility index (Phi) is 6.39. The Hall–Kier alpha value is -1.46. The molecule has 0 bridgehead atoms. The van der Waals surface area contributed by atoms with Crippen LogP contribution in [-0.4, -0.2) is 8.42 Å². The lowest BCUT2D eigenvalue weighted by molar-refractivity contribution is 0.620. The minimum absolute atomic E-state index is 1.17. The summed E-state index contributed by atoms with van der Waals surface area (Å²) in [5, 5.41) is 0. The average molecular weight is 198 g/mol. The van der Waals surface area contributed by atoms with Crippen LogP contribution in [-0.2, 0) is 10.5 Å². The van der Waals surface area contributed by atoms with Gasteiger partial charge in [-0.15, -0.1) is 0 Å². The van der Waals surface area contributed by atoms with Crippen molar-refractivity contribution in [3.05, 3.63) is 42.5 Å². The van der Waals surface area contributed by atoms with E-state index >= 15 is 0 Å². The number of hydrogen-bond acceptors (Lipinski definition) is 3. The van der Waals surface area contributed by atoms with Crippen molar-refractivity contribution in [2.24, 2.45) is 10.3 Å². The highest BCUT2D eigenvalue weighted by Crippen LogP contribution is 1.97. The first kappa shape index (κ1) is 11.5. The van der Waals surface area contributed by atoms with E-state index < -0.39 is 10.5 Å². The fraction of sp³-hybridized carbons (Fsp3) is 0. The summed E-state index contributed by atoms with van der Waals surface area (Å²) in [5.74, 6) is 4.18. The van der Waals surface area contributed by atoms with Crippen LogP contribution in [0.2, 0.25) is 0 Å². The first-order valence-electron chi connectivity index (χ1n) is 3.38. The highest BCUT2D eigenvalue weighted by molar-refractivity contribution is 7.61. The first-order chi connectivity index (χ1) is 6.20. The van der Waals surface area contributed by atoms with Gasteiger partial charge in [0.05, 0.1) is 0 Å². The minimum Gasteiger partial charge on any atom is -0.212 e. The molecular weight excluding hydrogens is 188 g/mol. The van der Waals surface area contributed by atoms with Gasteiger partial charge in [0.1, 0.15) is 0 Å². The van der Waals surface area contributed by atoms with E-state index in [1.165, 1.54) is 5.56 Å². The molecule has 0 fully saturated rings. The third-order valence-electron chi connectivity index (χ3n) is 1.12. The number of nitrogens with two attached hydrogens (primary N) is 1. The van der Waals surface area contributed by atoms with Crippen LogP contribution in [0.4, 0.5) is 0 Å². The maximum absolute atomic E-state index is 9.08. The summed E-state index contributed by atoms with van der Waals surface area (Å²) in [6, 6.07) is 10.0. The highest BCUT2D eigenvalue weighted by Gasteiger charge is 1.75. The standard InChI is InChI=1S/C8H8.H2N2O2S/c1-2-8-6-4-3-5-7-8;1-2-5(3)4/h2-7H,1H2;1H2. The van der Waals surface area contributed by atoms with Gasteiger partial charge in [-0.25, -0.2) is 5.84 Å². The zero-order valence-corrected chi connectivity index (χ0v) is 7.74. The van der Waals surface area contributed by atoms with E-state index in [-0.39, 0.29) is 0 Å². The van der Waals surface area contributed by atoms with Gasteiger partial charge in [0.15, 0.2) is 0 Å². The van der Waals surface area contributed by atoms with Gasteiger partial charge in [-0.1, -0.05) is 47.5 Å². The van der Waals surface area contributed by atoms with Gasteiger partial charge in [0.25, 0.3) is 0 Å². The van der Waals surface area contributed by atoms with Gasteiger partial charge >= 0.3 is 10.5 Å². The molecule has 13 heavy (non-hydrogen) atoms. The van der Waals surface area contributed by atoms with Crippen molar-refractivity contribution >= 4 is 16.6 Å². The Morgan fingerprint density at radius 3 is 2.00 bits per heavy atom. The van der Waals surface area contributed by atoms with Crippen molar-refractivity contribution in [2.45, 2.75) is 0 Å². The Morgan fingerprint density at radius 2 is 1.77 bits per heavy atom. The Morgan fingerprint density at radius 1 is 1.31 bits per heavy atom. The van der Waals surface area contributed by atoms with Crippen LogP contribution in [0.3, 0.4) is 0 Å². The van der Waals surface area contributed by atoms with Crippen LogP contribution in [0.5, 0.6) is 0 Å². The summed E-state index contributed by atoms with van der Waals surface area (Å²) in [6.07, 6.45) is 1.83. The van der Waals surface area contributed by atoms with Crippen LogP contribution >= 0.6 is 0 Å². The molecule has 0 aliphatic heterocycles. The molecule has 0 aromatic heterocycles. The third kappa shape index (κ3) is 6.92. The smallest absolute Gasteiger partial charge is 0.212 e. The fourth-order valence-electron chi connectivity index (χ4n) is 0.589. The van der Waals surface area contributed by atoms with Crippen molar-refractivity contribution in [3.63, 3.8) is 0 Å². The number of rotatable bonds is 1. The molecule has 0 atom stereocenters. The molecule has 0 heterocycles. The van der Waals surface area contributed by atoms with E-state index in [0.29, 0.717) is 0 Å². The normalized spacial score (nSPS) is 7.77. The molecule has 70 valence electrons. The molecule has 5 heteroatoms. The van der Waals surface area contributed by atoms with E-state index in [9.17, 15) is 0 Å². The molecule has 4 nitrogen and oxygen atoms in total. The maximum atomic E-state index is 9.08. The van der Waals surface area contributed by atoms with E-state index in [4.69, 9.17) is 8.42 Å². The fourth-order valence-corrected chi connectivity index (χ4v) is 0.589. The molecule has 0 spiro atoms. The van der Waals surface area contributed by atoms with Crippen LogP contribution in [0, 0.1) is 0 Å². The van der Waals surface area contributed by atoms with Gasteiger partial charge in [0.2, 0.25) is 0 Å². The lowest BCUT2D eigenvalue weighted by Gasteiger charge is -1.85. The Bertz CT molecular complexity index is 362. The maximum Gasteiger partial charge on any atom is 0.327 e. The first-order valence-corrected chi connectivity index (χ1v) is 4.41. The highest BCUT2D eigenvalue weighted by atomic mass is 32.2. The topological polar surface area (TPSA) is 72.5 Å². The van der Waals surface area contributed by atoms with Gasteiger partial charge in [0, 0.05) is 0 Å². The van der Waals surface area contributed by atoms with Crippen molar-refractivity contribution in [1.29, 1.82) is 0 Å². The van der Waals surface area contributed by atoms with Gasteiger partial charge < -0.3 is 0 Å². The summed E-state index contributed by atoms with van der Waals surface area (Å²) in [5.41, 5.74) is 1.17. The predicted octanol–water partition coefficient (Wildman–Crippen LogP) is 1.25. The van der Waals surface area contributed by atoms with Crippen molar-refractivity contribution in [1.82, 2.24) is 0 Å². The Labute approximate surface area is 78.4 Å². The van der Waals surface area contributed by atoms with E-state index in [1.807, 2.05) is 36.4 Å². The lowest BCUT2D eigenvalue weighted by atomic mass is 10.2. The second kappa shape index (κ2) is 7.20. The number of hydrogen-bond donors (Lipinski definition) is 1. The quantitative estimate of drug-likeness (QED) is 0.545. The molecule has 0 unspecified atom stereocenters. The molecule has 0 radical (unpaired) electrons. The van der Waals surface area contributed by atoms with Crippen LogP contribution in [0.1, 0.15) is 5.56 Å². The molecule has 1 aromatic carbocycles. The van der Waals surface area contributed by atoms with Gasteiger partial charge in [-0.2, -0.15) is 8.42 Å². The van der Waals surface area contributed by atoms with Crippen LogP contribution < -0.4 is 5.84 Å². The SMILES string of the molecule is C=Cc1ccccc1.NN=S(=O)=O. The molecule has 1 aromatic rings. The van der Waals surface area contributed by atoms with Crippen molar-refractivity contribution in [3.8, 4) is 0 Å². The van der Waals surface area contributed by atoms with Gasteiger partial charge in [-0.3, -0.25) is 0 Å². The molecule has 0 aliphatic carbocycles. The minimum atomic E-state index is -2.42. The number of benzene rings is 1. The number of nitrogens with zero attached hydrogens (tertiary/aromatic N) is 1. The van der Waals surface area contributed by atoms with Crippen LogP contribution in [0.25, 0.3) is 6.08 Å². The predicted molar refractivity (Wildman–Crippen MR) is 52.1 cm³/mol. The Balaban J connectivity index is 0.000000252. The third-order valence-corrected chi connectivity index (χ3v) is 1.29. The molecule has 1 rings (SSSR count). The molecule has 2 N–H and O–H groups in total. The zero-order valence-electron chi connectivity index (χ0n) is 6.92. The van der Waals surface area contributed by atoms with E-state index in [1.54, 1.807) is 0 Å². The average Bonchev–Trinajstić information content (AvgIpc) is 2.20. The zero-order chi connectivity index (χ0) is 10.1. The largest absolute Gasteiger partial charge is 0.327 e. The lowest BCUT2D eigenvalue weighted by Crippen LogP contribution is -1.73. The summed E-state index contributed by atoms with van der Waals surface area (Å²) >= 11 is 0. The van der Waals surface area contributed by atoms with E-state index in [2.05, 4.69) is 16.9 Å². The van der Waals surface area contributed by atoms with Crippen molar-refractivity contribution < 1.29 is 8.42 Å². The molecular formula is C8H10N2O2S. The monoisotopic (exact) mass is 198 g/mol. The summed E-state index contributed by atoms with van der Waals surface area (Å²) in [7, 11) is -2.42. The molecule has 0 aliphatic rings. The summed E-state index contributed by atoms with van der Waals surface area (Å²) in [4.78, 5) is 0. The summed E-state index contributed by atoms with van der Waals surface area (Å²) in [6.45, 7) is 3.63. The molecule has 0 amide bonds.